The second-order valence-electron chi connectivity index (χ2n) is 3.43. The van der Waals surface area contributed by atoms with Crippen molar-refractivity contribution >= 4 is 18.2 Å². The Morgan fingerprint density at radius 2 is 2.00 bits per heavy atom. The molecule has 0 fully saturated rings. The minimum absolute atomic E-state index is 0.282. The molecule has 6 heteroatoms. The minimum atomic E-state index is -2.27. The van der Waals surface area contributed by atoms with Crippen molar-refractivity contribution in [2.24, 2.45) is 0 Å². The van der Waals surface area contributed by atoms with Crippen LogP contribution in [0.2, 0.25) is 0 Å². The van der Waals surface area contributed by atoms with E-state index in [-0.39, 0.29) is 6.29 Å². The van der Waals surface area contributed by atoms with E-state index in [1.54, 1.807) is 13.8 Å². The second kappa shape index (κ2) is 5.45. The zero-order valence-corrected chi connectivity index (χ0v) is 8.60. The molecule has 0 aliphatic rings. The molecule has 0 saturated heterocycles. The summed E-state index contributed by atoms with van der Waals surface area (Å²) >= 11 is 0. The molecule has 2 N–H and O–H groups in total. The minimum Gasteiger partial charge on any atom is -0.481 e. The van der Waals surface area contributed by atoms with Crippen LogP contribution in [-0.2, 0) is 19.1 Å². The lowest BCUT2D eigenvalue weighted by atomic mass is 9.96. The maximum atomic E-state index is 11.3. The third-order valence-electron chi connectivity index (χ3n) is 1.59. The molecule has 0 spiro atoms. The molecule has 0 rings (SSSR count). The number of hydrogen-bond donors (Lipinski definition) is 2. The van der Waals surface area contributed by atoms with E-state index in [1.165, 1.54) is 0 Å². The summed E-state index contributed by atoms with van der Waals surface area (Å²) in [5.41, 5.74) is -2.27. The van der Waals surface area contributed by atoms with Crippen LogP contribution in [0.4, 0.5) is 0 Å². The van der Waals surface area contributed by atoms with E-state index in [9.17, 15) is 19.5 Å². The largest absolute Gasteiger partial charge is 0.481 e. The number of aldehydes is 1. The lowest BCUT2D eigenvalue weighted by molar-refractivity contribution is -0.175. The lowest BCUT2D eigenvalue weighted by Crippen LogP contribution is -2.43. The van der Waals surface area contributed by atoms with Gasteiger partial charge in [-0.05, 0) is 13.8 Å². The van der Waals surface area contributed by atoms with Crippen LogP contribution in [0.25, 0.3) is 0 Å². The predicted octanol–water partition coefficient (Wildman–Crippen LogP) is -0.267. The first-order valence-electron chi connectivity index (χ1n) is 4.40. The van der Waals surface area contributed by atoms with Gasteiger partial charge < -0.3 is 19.7 Å². The van der Waals surface area contributed by atoms with E-state index in [0.29, 0.717) is 0 Å². The number of aliphatic carboxylic acids is 1. The monoisotopic (exact) mass is 218 g/mol. The van der Waals surface area contributed by atoms with Crippen LogP contribution in [0.5, 0.6) is 0 Å². The van der Waals surface area contributed by atoms with Crippen LogP contribution in [0, 0.1) is 0 Å². The van der Waals surface area contributed by atoms with Gasteiger partial charge in [-0.2, -0.15) is 0 Å². The van der Waals surface area contributed by atoms with Crippen LogP contribution < -0.4 is 0 Å². The number of aliphatic hydroxyl groups is 1. The Hall–Kier alpha value is -1.43. The lowest BCUT2D eigenvalue weighted by Gasteiger charge is -2.23. The number of rotatable bonds is 6. The molecule has 0 radical (unpaired) electrons. The average Bonchev–Trinajstić information content (AvgIpc) is 2.01. The summed E-state index contributed by atoms with van der Waals surface area (Å²) in [6.45, 7) is 3.11. The first kappa shape index (κ1) is 13.6. The summed E-state index contributed by atoms with van der Waals surface area (Å²) in [5, 5.41) is 18.1. The van der Waals surface area contributed by atoms with Crippen LogP contribution in [0.3, 0.4) is 0 Å². The van der Waals surface area contributed by atoms with Gasteiger partial charge >= 0.3 is 11.9 Å². The summed E-state index contributed by atoms with van der Waals surface area (Å²) in [6.07, 6.45) is -1.64. The first-order chi connectivity index (χ1) is 6.81. The topological polar surface area (TPSA) is 101 Å². The SMILES string of the molecule is CC(C)OC(=O)C(O)(CC=O)CC(=O)O. The maximum Gasteiger partial charge on any atom is 0.339 e. The van der Waals surface area contributed by atoms with E-state index in [0.717, 1.165) is 0 Å². The zero-order valence-electron chi connectivity index (χ0n) is 8.60. The number of hydrogen-bond acceptors (Lipinski definition) is 5. The number of carbonyl (C=O) groups excluding carboxylic acids is 2. The maximum absolute atomic E-state index is 11.3. The highest BCUT2D eigenvalue weighted by molar-refractivity contribution is 5.87. The van der Waals surface area contributed by atoms with E-state index in [2.05, 4.69) is 4.74 Å². The molecule has 15 heavy (non-hydrogen) atoms. The molecule has 1 atom stereocenters. The van der Waals surface area contributed by atoms with Crippen molar-refractivity contribution in [3.05, 3.63) is 0 Å². The van der Waals surface area contributed by atoms with Crippen molar-refractivity contribution in [1.29, 1.82) is 0 Å². The Kier molecular flexibility index (Phi) is 4.93. The molecule has 86 valence electrons. The highest BCUT2D eigenvalue weighted by atomic mass is 16.6. The first-order valence-corrected chi connectivity index (χ1v) is 4.40. The molecule has 0 bridgehead atoms. The quantitative estimate of drug-likeness (QED) is 0.470. The van der Waals surface area contributed by atoms with E-state index in [1.807, 2.05) is 0 Å². The van der Waals surface area contributed by atoms with Crippen molar-refractivity contribution in [3.63, 3.8) is 0 Å². The molecule has 0 aliphatic carbocycles. The Morgan fingerprint density at radius 3 is 2.33 bits per heavy atom. The molecule has 0 aromatic rings. The Morgan fingerprint density at radius 1 is 1.47 bits per heavy atom. The van der Waals surface area contributed by atoms with Gasteiger partial charge in [0.25, 0.3) is 0 Å². The number of ether oxygens (including phenoxy) is 1. The standard InChI is InChI=1S/C9H14O6/c1-6(2)15-8(13)9(14,3-4-10)5-7(11)12/h4,6,14H,3,5H2,1-2H3,(H,11,12). The van der Waals surface area contributed by atoms with E-state index < -0.39 is 36.5 Å². The third kappa shape index (κ3) is 4.55. The zero-order chi connectivity index (χ0) is 12.1. The fraction of sp³-hybridized carbons (Fsp3) is 0.667. The van der Waals surface area contributed by atoms with Gasteiger partial charge in [0.1, 0.15) is 6.29 Å². The molecular formula is C9H14O6. The average molecular weight is 218 g/mol. The molecule has 0 amide bonds. The third-order valence-corrected chi connectivity index (χ3v) is 1.59. The number of esters is 1. The van der Waals surface area contributed by atoms with Gasteiger partial charge in [-0.25, -0.2) is 4.79 Å². The van der Waals surface area contributed by atoms with Crippen LogP contribution in [-0.4, -0.2) is 40.1 Å². The van der Waals surface area contributed by atoms with Gasteiger partial charge in [0.15, 0.2) is 5.60 Å². The molecule has 0 aromatic carbocycles. The second-order valence-corrected chi connectivity index (χ2v) is 3.43. The number of carboxylic acid groups (broad SMARTS) is 1. The fourth-order valence-electron chi connectivity index (χ4n) is 0.939. The molecule has 6 nitrogen and oxygen atoms in total. The molecule has 1 unspecified atom stereocenters. The van der Waals surface area contributed by atoms with Crippen molar-refractivity contribution in [1.82, 2.24) is 0 Å². The molecule has 0 heterocycles. The highest BCUT2D eigenvalue weighted by Gasteiger charge is 2.40. The van der Waals surface area contributed by atoms with E-state index >= 15 is 0 Å². The predicted molar refractivity (Wildman–Crippen MR) is 49.1 cm³/mol. The molecular weight excluding hydrogens is 204 g/mol. The summed E-state index contributed by atoms with van der Waals surface area (Å²) in [6, 6.07) is 0. The fourth-order valence-corrected chi connectivity index (χ4v) is 0.939. The Labute approximate surface area is 86.8 Å². The molecule has 0 aliphatic heterocycles. The summed E-state index contributed by atoms with van der Waals surface area (Å²) in [5.74, 6) is -2.47. The van der Waals surface area contributed by atoms with Crippen molar-refractivity contribution in [2.45, 2.75) is 38.4 Å². The van der Waals surface area contributed by atoms with Crippen LogP contribution in [0.1, 0.15) is 26.7 Å². The van der Waals surface area contributed by atoms with Gasteiger partial charge in [-0.1, -0.05) is 0 Å². The Balaban J connectivity index is 4.68. The van der Waals surface area contributed by atoms with Crippen molar-refractivity contribution < 1.29 is 29.3 Å². The number of carbonyl (C=O) groups is 3. The van der Waals surface area contributed by atoms with Crippen LogP contribution >= 0.6 is 0 Å². The normalized spacial score (nSPS) is 14.4. The Bertz CT molecular complexity index is 259. The highest BCUT2D eigenvalue weighted by Crippen LogP contribution is 2.17. The molecule has 0 saturated carbocycles. The van der Waals surface area contributed by atoms with E-state index in [4.69, 9.17) is 5.11 Å². The van der Waals surface area contributed by atoms with Gasteiger partial charge in [-0.3, -0.25) is 4.79 Å². The van der Waals surface area contributed by atoms with Crippen molar-refractivity contribution in [3.8, 4) is 0 Å². The van der Waals surface area contributed by atoms with Crippen molar-refractivity contribution in [2.75, 3.05) is 0 Å². The van der Waals surface area contributed by atoms with Gasteiger partial charge in [0.2, 0.25) is 0 Å². The summed E-state index contributed by atoms with van der Waals surface area (Å²) < 4.78 is 4.66. The van der Waals surface area contributed by atoms with Gasteiger partial charge in [0.05, 0.1) is 12.5 Å². The smallest absolute Gasteiger partial charge is 0.339 e. The van der Waals surface area contributed by atoms with Gasteiger partial charge in [-0.15, -0.1) is 0 Å². The van der Waals surface area contributed by atoms with Gasteiger partial charge in [0, 0.05) is 6.42 Å². The number of carboxylic acids is 1. The molecule has 0 aromatic heterocycles. The van der Waals surface area contributed by atoms with Crippen LogP contribution in [0.15, 0.2) is 0 Å². The summed E-state index contributed by atoms with van der Waals surface area (Å²) in [7, 11) is 0. The summed E-state index contributed by atoms with van der Waals surface area (Å²) in [4.78, 5) is 31.9.